The molecule has 1 unspecified atom stereocenters. The van der Waals surface area contributed by atoms with Gasteiger partial charge in [0.15, 0.2) is 0 Å². The summed E-state index contributed by atoms with van der Waals surface area (Å²) in [6.07, 6.45) is 0. The van der Waals surface area contributed by atoms with Crippen LogP contribution in [0.2, 0.25) is 0 Å². The summed E-state index contributed by atoms with van der Waals surface area (Å²) >= 11 is 6.50. The highest BCUT2D eigenvalue weighted by Gasteiger charge is 2.16. The van der Waals surface area contributed by atoms with Crippen LogP contribution in [0.25, 0.3) is 0 Å². The Morgan fingerprint density at radius 3 is 2.19 bits per heavy atom. The molecule has 21 heavy (non-hydrogen) atoms. The highest BCUT2D eigenvalue weighted by atomic mass is 35.5. The lowest BCUT2D eigenvalue weighted by Crippen LogP contribution is -2.33. The van der Waals surface area contributed by atoms with E-state index in [1.54, 1.807) is 12.1 Å². The van der Waals surface area contributed by atoms with E-state index in [0.717, 1.165) is 18.7 Å². The van der Waals surface area contributed by atoms with E-state index in [0.29, 0.717) is 6.04 Å². The normalized spacial score (nSPS) is 12.9. The fourth-order valence-electron chi connectivity index (χ4n) is 2.26. The Kier molecular flexibility index (Phi) is 5.77. The van der Waals surface area contributed by atoms with Crippen LogP contribution in [0, 0.1) is 5.82 Å². The third-order valence-corrected chi connectivity index (χ3v) is 3.98. The largest absolute Gasteiger partial charge is 0.295 e. The molecule has 0 aliphatic carbocycles. The van der Waals surface area contributed by atoms with Crippen LogP contribution in [0.15, 0.2) is 54.6 Å². The Hall–Kier alpha value is -1.38. The maximum absolute atomic E-state index is 13.0. The number of benzene rings is 2. The average molecular weight is 306 g/mol. The zero-order valence-electron chi connectivity index (χ0n) is 12.5. The minimum absolute atomic E-state index is 0.142. The number of halogens is 2. The van der Waals surface area contributed by atoms with Crippen LogP contribution < -0.4 is 0 Å². The summed E-state index contributed by atoms with van der Waals surface area (Å²) < 4.78 is 13.0. The highest BCUT2D eigenvalue weighted by Crippen LogP contribution is 2.23. The lowest BCUT2D eigenvalue weighted by atomic mass is 10.1. The van der Waals surface area contributed by atoms with Gasteiger partial charge < -0.3 is 0 Å². The lowest BCUT2D eigenvalue weighted by molar-refractivity contribution is 0.213. The standard InChI is InChI=1S/C18H21ClFN/c1-14(2)21(12-15-6-4-3-5-7-15)13-18(19)16-8-10-17(20)11-9-16/h3-11,14,18H,12-13H2,1-2H3. The van der Waals surface area contributed by atoms with Crippen LogP contribution in [0.5, 0.6) is 0 Å². The summed E-state index contributed by atoms with van der Waals surface area (Å²) in [5.41, 5.74) is 2.23. The van der Waals surface area contributed by atoms with Gasteiger partial charge >= 0.3 is 0 Å². The monoisotopic (exact) mass is 305 g/mol. The Morgan fingerprint density at radius 2 is 1.62 bits per heavy atom. The SMILES string of the molecule is CC(C)N(Cc1ccccc1)CC(Cl)c1ccc(F)cc1. The van der Waals surface area contributed by atoms with E-state index in [4.69, 9.17) is 11.6 Å². The van der Waals surface area contributed by atoms with Crippen molar-refractivity contribution in [1.29, 1.82) is 0 Å². The molecule has 0 N–H and O–H groups in total. The molecular weight excluding hydrogens is 285 g/mol. The average Bonchev–Trinajstić information content (AvgIpc) is 2.48. The van der Waals surface area contributed by atoms with Gasteiger partial charge in [-0.2, -0.15) is 0 Å². The summed E-state index contributed by atoms with van der Waals surface area (Å²) in [5, 5.41) is -0.142. The van der Waals surface area contributed by atoms with Gasteiger partial charge in [0.05, 0.1) is 5.38 Å². The second kappa shape index (κ2) is 7.58. The van der Waals surface area contributed by atoms with Crippen molar-refractivity contribution in [3.8, 4) is 0 Å². The van der Waals surface area contributed by atoms with E-state index in [1.807, 2.05) is 18.2 Å². The minimum atomic E-state index is -0.229. The molecule has 0 saturated heterocycles. The molecule has 0 fully saturated rings. The predicted octanol–water partition coefficient (Wildman–Crippen LogP) is 5.02. The van der Waals surface area contributed by atoms with Crippen molar-refractivity contribution in [2.75, 3.05) is 6.54 Å². The van der Waals surface area contributed by atoms with Gasteiger partial charge in [-0.05, 0) is 37.1 Å². The summed E-state index contributed by atoms with van der Waals surface area (Å²) in [6, 6.07) is 17.2. The molecule has 0 aromatic heterocycles. The summed E-state index contributed by atoms with van der Waals surface area (Å²) in [6.45, 7) is 5.93. The second-order valence-corrected chi connectivity index (χ2v) is 6.05. The molecule has 0 saturated carbocycles. The first kappa shape index (κ1) is 16.0. The fourth-order valence-corrected chi connectivity index (χ4v) is 2.58. The van der Waals surface area contributed by atoms with Gasteiger partial charge in [-0.1, -0.05) is 42.5 Å². The number of hydrogen-bond acceptors (Lipinski definition) is 1. The lowest BCUT2D eigenvalue weighted by Gasteiger charge is -2.28. The third-order valence-electron chi connectivity index (χ3n) is 3.59. The third kappa shape index (κ3) is 4.83. The minimum Gasteiger partial charge on any atom is -0.295 e. The molecule has 1 atom stereocenters. The van der Waals surface area contributed by atoms with Gasteiger partial charge in [0.1, 0.15) is 5.82 Å². The van der Waals surface area contributed by atoms with Gasteiger partial charge in [-0.15, -0.1) is 11.6 Å². The Morgan fingerprint density at radius 1 is 1.00 bits per heavy atom. The number of rotatable bonds is 6. The molecule has 2 aromatic carbocycles. The van der Waals surface area contributed by atoms with Crippen molar-refractivity contribution in [2.24, 2.45) is 0 Å². The molecule has 0 aliphatic rings. The molecule has 3 heteroatoms. The first-order valence-corrected chi connectivity index (χ1v) is 7.67. The van der Waals surface area contributed by atoms with Crippen molar-refractivity contribution < 1.29 is 4.39 Å². The first-order valence-electron chi connectivity index (χ1n) is 7.24. The zero-order chi connectivity index (χ0) is 15.2. The number of hydrogen-bond donors (Lipinski definition) is 0. The van der Waals surface area contributed by atoms with Gasteiger partial charge in [-0.25, -0.2) is 4.39 Å². The van der Waals surface area contributed by atoms with E-state index < -0.39 is 0 Å². The van der Waals surface area contributed by atoms with Crippen LogP contribution in [0.1, 0.15) is 30.4 Å². The quantitative estimate of drug-likeness (QED) is 0.678. The molecule has 0 spiro atoms. The van der Waals surface area contributed by atoms with Crippen LogP contribution in [0.3, 0.4) is 0 Å². The number of nitrogens with zero attached hydrogens (tertiary/aromatic N) is 1. The maximum atomic E-state index is 13.0. The van der Waals surface area contributed by atoms with E-state index in [2.05, 4.69) is 30.9 Å². The van der Waals surface area contributed by atoms with Crippen LogP contribution in [-0.2, 0) is 6.54 Å². The maximum Gasteiger partial charge on any atom is 0.123 e. The molecule has 0 heterocycles. The Bertz CT molecular complexity index is 539. The Labute approximate surface area is 131 Å². The molecule has 0 amide bonds. The highest BCUT2D eigenvalue weighted by molar-refractivity contribution is 6.21. The smallest absolute Gasteiger partial charge is 0.123 e. The van der Waals surface area contributed by atoms with Crippen LogP contribution in [0.4, 0.5) is 4.39 Å². The van der Waals surface area contributed by atoms with E-state index in [1.165, 1.54) is 17.7 Å². The Balaban J connectivity index is 2.04. The second-order valence-electron chi connectivity index (χ2n) is 5.53. The summed E-state index contributed by atoms with van der Waals surface area (Å²) in [7, 11) is 0. The van der Waals surface area contributed by atoms with E-state index >= 15 is 0 Å². The van der Waals surface area contributed by atoms with Crippen molar-refractivity contribution in [2.45, 2.75) is 31.8 Å². The molecule has 2 rings (SSSR count). The molecular formula is C18H21ClFN. The van der Waals surface area contributed by atoms with Gasteiger partial charge in [0.2, 0.25) is 0 Å². The van der Waals surface area contributed by atoms with Crippen molar-refractivity contribution in [3.63, 3.8) is 0 Å². The number of alkyl halides is 1. The summed E-state index contributed by atoms with van der Waals surface area (Å²) in [5.74, 6) is -0.229. The summed E-state index contributed by atoms with van der Waals surface area (Å²) in [4.78, 5) is 2.33. The van der Waals surface area contributed by atoms with Gasteiger partial charge in [0, 0.05) is 19.1 Å². The molecule has 112 valence electrons. The van der Waals surface area contributed by atoms with Crippen molar-refractivity contribution >= 4 is 11.6 Å². The molecule has 1 nitrogen and oxygen atoms in total. The molecule has 0 aliphatic heterocycles. The first-order chi connectivity index (χ1) is 10.1. The van der Waals surface area contributed by atoms with Crippen molar-refractivity contribution in [1.82, 2.24) is 4.90 Å². The molecule has 2 aromatic rings. The van der Waals surface area contributed by atoms with Crippen LogP contribution >= 0.6 is 11.6 Å². The van der Waals surface area contributed by atoms with Crippen LogP contribution in [-0.4, -0.2) is 17.5 Å². The predicted molar refractivity (Wildman–Crippen MR) is 87.0 cm³/mol. The van der Waals surface area contributed by atoms with Crippen molar-refractivity contribution in [3.05, 3.63) is 71.5 Å². The van der Waals surface area contributed by atoms with E-state index in [9.17, 15) is 4.39 Å². The van der Waals surface area contributed by atoms with Gasteiger partial charge in [-0.3, -0.25) is 4.90 Å². The molecule has 0 bridgehead atoms. The fraction of sp³-hybridized carbons (Fsp3) is 0.333. The molecule has 0 radical (unpaired) electrons. The topological polar surface area (TPSA) is 3.24 Å². The van der Waals surface area contributed by atoms with E-state index in [-0.39, 0.29) is 11.2 Å². The zero-order valence-corrected chi connectivity index (χ0v) is 13.2. The van der Waals surface area contributed by atoms with Gasteiger partial charge in [0.25, 0.3) is 0 Å².